The van der Waals surface area contributed by atoms with E-state index in [4.69, 9.17) is 22.7 Å². The van der Waals surface area contributed by atoms with Crippen LogP contribution in [0.25, 0.3) is 0 Å². The van der Waals surface area contributed by atoms with Crippen LogP contribution in [0.15, 0.2) is 16.3 Å². The summed E-state index contributed by atoms with van der Waals surface area (Å²) in [5.41, 5.74) is 5.30. The third-order valence-electron chi connectivity index (χ3n) is 3.93. The number of hydrogen-bond donors (Lipinski definition) is 2. The molecule has 5 nitrogen and oxygen atoms in total. The molecule has 1 fully saturated rings. The van der Waals surface area contributed by atoms with E-state index in [-0.39, 0.29) is 26.8 Å². The maximum atomic E-state index is 12.4. The molecule has 0 spiro atoms. The highest BCUT2D eigenvalue weighted by Gasteiger charge is 2.50. The summed E-state index contributed by atoms with van der Waals surface area (Å²) in [5.74, 6) is 0. The van der Waals surface area contributed by atoms with Gasteiger partial charge in [0.05, 0.1) is 11.0 Å². The van der Waals surface area contributed by atoms with Gasteiger partial charge in [0, 0.05) is 18.1 Å². The third kappa shape index (κ3) is 3.29. The first kappa shape index (κ1) is 16.8. The first-order chi connectivity index (χ1) is 9.68. The van der Waals surface area contributed by atoms with E-state index in [0.717, 1.165) is 11.3 Å². The SMILES string of the molecule is CCOC1CC(NS(=O)(=O)c2ccc(C(N)=S)s2)C1(C)C. The summed E-state index contributed by atoms with van der Waals surface area (Å²) in [6, 6.07) is 3.04. The number of rotatable bonds is 6. The fourth-order valence-electron chi connectivity index (χ4n) is 2.41. The van der Waals surface area contributed by atoms with Crippen molar-refractivity contribution < 1.29 is 13.2 Å². The average Bonchev–Trinajstić information content (AvgIpc) is 2.88. The molecule has 0 aliphatic heterocycles. The van der Waals surface area contributed by atoms with Crippen molar-refractivity contribution >= 4 is 38.6 Å². The minimum atomic E-state index is -3.54. The molecule has 1 aliphatic carbocycles. The van der Waals surface area contributed by atoms with Gasteiger partial charge in [-0.2, -0.15) is 0 Å². The molecule has 2 unspecified atom stereocenters. The molecule has 1 aromatic rings. The molecule has 118 valence electrons. The predicted octanol–water partition coefficient (Wildman–Crippen LogP) is 1.86. The van der Waals surface area contributed by atoms with Crippen molar-refractivity contribution in [2.45, 2.75) is 43.5 Å². The van der Waals surface area contributed by atoms with Crippen molar-refractivity contribution in [3.05, 3.63) is 17.0 Å². The topological polar surface area (TPSA) is 81.4 Å². The van der Waals surface area contributed by atoms with Crippen molar-refractivity contribution in [2.24, 2.45) is 11.1 Å². The highest BCUT2D eigenvalue weighted by atomic mass is 32.2. The molecule has 2 rings (SSSR count). The van der Waals surface area contributed by atoms with Gasteiger partial charge in [-0.05, 0) is 25.5 Å². The maximum Gasteiger partial charge on any atom is 0.250 e. The number of nitrogens with two attached hydrogens (primary N) is 1. The molecule has 2 atom stereocenters. The lowest BCUT2D eigenvalue weighted by Crippen LogP contribution is -2.61. The molecule has 1 saturated carbocycles. The monoisotopic (exact) mass is 348 g/mol. The van der Waals surface area contributed by atoms with Crippen molar-refractivity contribution in [2.75, 3.05) is 6.61 Å². The second-order valence-corrected chi connectivity index (χ2v) is 9.12. The third-order valence-corrected chi connectivity index (χ3v) is 7.36. The van der Waals surface area contributed by atoms with Crippen molar-refractivity contribution in [1.82, 2.24) is 4.72 Å². The number of nitrogens with one attached hydrogen (secondary N) is 1. The smallest absolute Gasteiger partial charge is 0.250 e. The molecule has 1 aliphatic rings. The van der Waals surface area contributed by atoms with E-state index in [1.165, 1.54) is 6.07 Å². The van der Waals surface area contributed by atoms with Gasteiger partial charge in [-0.1, -0.05) is 26.1 Å². The predicted molar refractivity (Wildman–Crippen MR) is 88.1 cm³/mol. The molecule has 8 heteroatoms. The number of thiocarbonyl (C=S) groups is 1. The standard InChI is InChI=1S/C13H20N2O3S3/c1-4-18-10-7-9(13(10,2)3)15-21(16,17)11-6-5-8(20-11)12(14)19/h5-6,9-10,15H,4,7H2,1-3H3,(H2,14,19). The zero-order chi connectivity index (χ0) is 15.8. The van der Waals surface area contributed by atoms with Crippen LogP contribution >= 0.6 is 23.6 Å². The Morgan fingerprint density at radius 3 is 2.71 bits per heavy atom. The highest BCUT2D eigenvalue weighted by Crippen LogP contribution is 2.43. The van der Waals surface area contributed by atoms with E-state index in [9.17, 15) is 8.42 Å². The van der Waals surface area contributed by atoms with Crippen LogP contribution in [0, 0.1) is 5.41 Å². The van der Waals surface area contributed by atoms with Crippen LogP contribution in [-0.2, 0) is 14.8 Å². The summed E-state index contributed by atoms with van der Waals surface area (Å²) in [4.78, 5) is 0.812. The quantitative estimate of drug-likeness (QED) is 0.767. The molecule has 1 heterocycles. The second-order valence-electron chi connectivity index (χ2n) is 5.66. The summed E-state index contributed by atoms with van der Waals surface area (Å²) in [7, 11) is -3.54. The number of ether oxygens (including phenoxy) is 1. The Morgan fingerprint density at radius 1 is 1.57 bits per heavy atom. The van der Waals surface area contributed by atoms with Gasteiger partial charge in [0.2, 0.25) is 10.0 Å². The van der Waals surface area contributed by atoms with Gasteiger partial charge in [0.15, 0.2) is 0 Å². The van der Waals surface area contributed by atoms with E-state index >= 15 is 0 Å². The lowest BCUT2D eigenvalue weighted by molar-refractivity contribution is -0.108. The fraction of sp³-hybridized carbons (Fsp3) is 0.615. The normalized spacial score (nSPS) is 24.5. The van der Waals surface area contributed by atoms with E-state index in [2.05, 4.69) is 4.72 Å². The number of sulfonamides is 1. The Bertz CT molecular complexity index is 637. The summed E-state index contributed by atoms with van der Waals surface area (Å²) in [6.45, 7) is 6.60. The van der Waals surface area contributed by atoms with Crippen molar-refractivity contribution in [3.63, 3.8) is 0 Å². The van der Waals surface area contributed by atoms with Crippen LogP contribution in [-0.4, -0.2) is 32.2 Å². The Morgan fingerprint density at radius 2 is 2.24 bits per heavy atom. The lowest BCUT2D eigenvalue weighted by Gasteiger charge is -2.51. The summed E-state index contributed by atoms with van der Waals surface area (Å²) in [6.07, 6.45) is 0.777. The van der Waals surface area contributed by atoms with Gasteiger partial charge in [-0.15, -0.1) is 11.3 Å². The van der Waals surface area contributed by atoms with E-state index < -0.39 is 10.0 Å². The van der Waals surface area contributed by atoms with Crippen LogP contribution in [0.3, 0.4) is 0 Å². The van der Waals surface area contributed by atoms with Crippen LogP contribution in [0.4, 0.5) is 0 Å². The van der Waals surface area contributed by atoms with Gasteiger partial charge in [0.25, 0.3) is 0 Å². The Labute approximate surface area is 134 Å². The van der Waals surface area contributed by atoms with Gasteiger partial charge < -0.3 is 10.5 Å². The zero-order valence-corrected chi connectivity index (χ0v) is 14.7. The molecular formula is C13H20N2O3S3. The van der Waals surface area contributed by atoms with Crippen LogP contribution < -0.4 is 10.5 Å². The van der Waals surface area contributed by atoms with Crippen molar-refractivity contribution in [3.8, 4) is 0 Å². The molecule has 3 N–H and O–H groups in total. The highest BCUT2D eigenvalue weighted by molar-refractivity contribution is 7.91. The van der Waals surface area contributed by atoms with Gasteiger partial charge in [-0.25, -0.2) is 13.1 Å². The molecule has 0 radical (unpaired) electrons. The second kappa shape index (κ2) is 5.92. The number of thiophene rings is 1. The van der Waals surface area contributed by atoms with Crippen molar-refractivity contribution in [1.29, 1.82) is 0 Å². The number of hydrogen-bond acceptors (Lipinski definition) is 5. The summed E-state index contributed by atoms with van der Waals surface area (Å²) < 4.78 is 33.4. The zero-order valence-electron chi connectivity index (χ0n) is 12.3. The van der Waals surface area contributed by atoms with Gasteiger partial charge >= 0.3 is 0 Å². The van der Waals surface area contributed by atoms with E-state index in [1.54, 1.807) is 6.07 Å². The van der Waals surface area contributed by atoms with Gasteiger partial charge in [-0.3, -0.25) is 0 Å². The maximum absolute atomic E-state index is 12.4. The first-order valence-corrected chi connectivity index (χ1v) is 9.43. The Hall–Kier alpha value is -0.540. The molecule has 0 bridgehead atoms. The first-order valence-electron chi connectivity index (χ1n) is 6.72. The van der Waals surface area contributed by atoms with E-state index in [1.807, 2.05) is 20.8 Å². The average molecular weight is 349 g/mol. The summed E-state index contributed by atoms with van der Waals surface area (Å²) >= 11 is 5.95. The molecule has 1 aromatic heterocycles. The van der Waals surface area contributed by atoms with Crippen LogP contribution in [0.1, 0.15) is 32.1 Å². The summed E-state index contributed by atoms with van der Waals surface area (Å²) in [5, 5.41) is 0. The molecule has 0 amide bonds. The minimum absolute atomic E-state index is 0.0886. The largest absolute Gasteiger partial charge is 0.389 e. The Kier molecular flexibility index (Phi) is 4.75. The molecule has 0 aromatic carbocycles. The van der Waals surface area contributed by atoms with Crippen LogP contribution in [0.2, 0.25) is 0 Å². The van der Waals surface area contributed by atoms with Gasteiger partial charge in [0.1, 0.15) is 9.20 Å². The van der Waals surface area contributed by atoms with E-state index in [0.29, 0.717) is 17.9 Å². The minimum Gasteiger partial charge on any atom is -0.389 e. The fourth-order valence-corrected chi connectivity index (χ4v) is 5.18. The molecule has 21 heavy (non-hydrogen) atoms. The molecule has 0 saturated heterocycles. The lowest BCUT2D eigenvalue weighted by atomic mass is 9.65. The molecular weight excluding hydrogens is 328 g/mol. The Balaban J connectivity index is 2.10. The van der Waals surface area contributed by atoms with Crippen LogP contribution in [0.5, 0.6) is 0 Å².